The Labute approximate surface area is 129 Å². The number of amides is 1. The fraction of sp³-hybridized carbons (Fsp3) is 0.111. The number of nitrogens with zero attached hydrogens (tertiary/aromatic N) is 2. The van der Waals surface area contributed by atoms with Gasteiger partial charge in [0.15, 0.2) is 0 Å². The third-order valence-corrected chi connectivity index (χ3v) is 3.55. The van der Waals surface area contributed by atoms with Crippen molar-refractivity contribution in [2.45, 2.75) is 13.0 Å². The summed E-state index contributed by atoms with van der Waals surface area (Å²) >= 11 is 0. The van der Waals surface area contributed by atoms with Crippen molar-refractivity contribution in [1.82, 2.24) is 14.9 Å². The van der Waals surface area contributed by atoms with E-state index in [-0.39, 0.29) is 11.9 Å². The average Bonchev–Trinajstić information content (AvgIpc) is 3.06. The van der Waals surface area contributed by atoms with Crippen molar-refractivity contribution in [3.63, 3.8) is 0 Å². The van der Waals surface area contributed by atoms with Gasteiger partial charge in [0.05, 0.1) is 18.6 Å². The number of hydrogen-bond donors (Lipinski definition) is 1. The second kappa shape index (κ2) is 6.26. The van der Waals surface area contributed by atoms with Crippen LogP contribution in [0, 0.1) is 0 Å². The average molecular weight is 291 g/mol. The van der Waals surface area contributed by atoms with E-state index in [9.17, 15) is 4.79 Å². The molecule has 110 valence electrons. The summed E-state index contributed by atoms with van der Waals surface area (Å²) in [7, 11) is 0. The molecule has 1 heterocycles. The van der Waals surface area contributed by atoms with Gasteiger partial charge in [-0.3, -0.25) is 9.36 Å². The van der Waals surface area contributed by atoms with E-state index in [1.807, 2.05) is 67.6 Å². The predicted octanol–water partition coefficient (Wildman–Crippen LogP) is 3.36. The van der Waals surface area contributed by atoms with Gasteiger partial charge in [0, 0.05) is 5.69 Å². The number of hydrogen-bond acceptors (Lipinski definition) is 2. The van der Waals surface area contributed by atoms with Crippen molar-refractivity contribution in [3.8, 4) is 5.69 Å². The number of benzene rings is 2. The summed E-state index contributed by atoms with van der Waals surface area (Å²) in [4.78, 5) is 16.6. The molecule has 1 atom stereocenters. The molecule has 2 aromatic carbocycles. The molecule has 1 N–H and O–H groups in total. The van der Waals surface area contributed by atoms with Crippen LogP contribution < -0.4 is 5.32 Å². The summed E-state index contributed by atoms with van der Waals surface area (Å²) < 4.78 is 1.78. The van der Waals surface area contributed by atoms with Crippen LogP contribution in [-0.2, 0) is 0 Å². The zero-order chi connectivity index (χ0) is 15.4. The van der Waals surface area contributed by atoms with Crippen LogP contribution in [0.15, 0.2) is 73.2 Å². The topological polar surface area (TPSA) is 46.9 Å². The highest BCUT2D eigenvalue weighted by molar-refractivity contribution is 5.93. The number of aromatic nitrogens is 2. The van der Waals surface area contributed by atoms with Crippen LogP contribution in [0.25, 0.3) is 5.69 Å². The molecule has 4 nitrogen and oxygen atoms in total. The molecule has 0 aliphatic heterocycles. The third-order valence-electron chi connectivity index (χ3n) is 3.55. The number of para-hydroxylation sites is 1. The van der Waals surface area contributed by atoms with Crippen LogP contribution in [0.3, 0.4) is 0 Å². The Morgan fingerprint density at radius 1 is 1.05 bits per heavy atom. The van der Waals surface area contributed by atoms with Crippen molar-refractivity contribution in [2.24, 2.45) is 0 Å². The van der Waals surface area contributed by atoms with Gasteiger partial charge in [-0.1, -0.05) is 48.5 Å². The molecule has 3 aromatic rings. The highest BCUT2D eigenvalue weighted by Crippen LogP contribution is 2.14. The molecule has 0 fully saturated rings. The molecular formula is C18H17N3O. The lowest BCUT2D eigenvalue weighted by Gasteiger charge is -2.15. The molecule has 1 aromatic heterocycles. The Bertz CT molecular complexity index is 750. The fourth-order valence-electron chi connectivity index (χ4n) is 2.35. The highest BCUT2D eigenvalue weighted by atomic mass is 16.2. The largest absolute Gasteiger partial charge is 0.344 e. The molecule has 1 amide bonds. The van der Waals surface area contributed by atoms with Gasteiger partial charge in [0.1, 0.15) is 5.69 Å². The number of imidazole rings is 1. The van der Waals surface area contributed by atoms with Crippen molar-refractivity contribution in [2.75, 3.05) is 0 Å². The van der Waals surface area contributed by atoms with Gasteiger partial charge in [-0.2, -0.15) is 0 Å². The molecule has 0 bridgehead atoms. The Balaban J connectivity index is 1.81. The molecule has 0 saturated carbocycles. The van der Waals surface area contributed by atoms with Crippen LogP contribution in [-0.4, -0.2) is 15.5 Å². The Kier molecular flexibility index (Phi) is 4.01. The summed E-state index contributed by atoms with van der Waals surface area (Å²) in [6.45, 7) is 1.97. The molecular weight excluding hydrogens is 274 g/mol. The van der Waals surface area contributed by atoms with Crippen LogP contribution >= 0.6 is 0 Å². The van der Waals surface area contributed by atoms with E-state index in [1.54, 1.807) is 17.1 Å². The second-order valence-electron chi connectivity index (χ2n) is 5.09. The first kappa shape index (κ1) is 14.1. The van der Waals surface area contributed by atoms with Gasteiger partial charge in [-0.05, 0) is 24.6 Å². The van der Waals surface area contributed by atoms with E-state index in [2.05, 4.69) is 10.3 Å². The lowest BCUT2D eigenvalue weighted by Crippen LogP contribution is -2.28. The van der Waals surface area contributed by atoms with Gasteiger partial charge in [-0.25, -0.2) is 4.98 Å². The van der Waals surface area contributed by atoms with E-state index in [0.29, 0.717) is 5.69 Å². The molecule has 0 radical (unpaired) electrons. The van der Waals surface area contributed by atoms with Crippen molar-refractivity contribution in [3.05, 3.63) is 84.4 Å². The van der Waals surface area contributed by atoms with Crippen LogP contribution in [0.4, 0.5) is 0 Å². The lowest BCUT2D eigenvalue weighted by molar-refractivity contribution is 0.0933. The minimum absolute atomic E-state index is 0.0622. The maximum Gasteiger partial charge on any atom is 0.270 e. The van der Waals surface area contributed by atoms with Gasteiger partial charge in [-0.15, -0.1) is 0 Å². The maximum absolute atomic E-state index is 12.5. The van der Waals surface area contributed by atoms with E-state index >= 15 is 0 Å². The minimum atomic E-state index is -0.141. The molecule has 0 unspecified atom stereocenters. The summed E-state index contributed by atoms with van der Waals surface area (Å²) in [6.07, 6.45) is 3.23. The van der Waals surface area contributed by atoms with E-state index < -0.39 is 0 Å². The summed E-state index contributed by atoms with van der Waals surface area (Å²) in [6, 6.07) is 19.5. The van der Waals surface area contributed by atoms with Gasteiger partial charge in [0.2, 0.25) is 0 Å². The van der Waals surface area contributed by atoms with Crippen LogP contribution in [0.5, 0.6) is 0 Å². The standard InChI is InChI=1S/C18H17N3O/c1-14(15-8-4-2-5-9-15)20-18(22)17-12-19-13-21(17)16-10-6-3-7-11-16/h2-14H,1H3,(H,20,22)/t14-/m0/s1. The Morgan fingerprint density at radius 3 is 2.36 bits per heavy atom. The van der Waals surface area contributed by atoms with E-state index in [1.165, 1.54) is 0 Å². The Hall–Kier alpha value is -2.88. The van der Waals surface area contributed by atoms with Crippen molar-refractivity contribution in [1.29, 1.82) is 0 Å². The summed E-state index contributed by atoms with van der Waals surface area (Å²) in [5.41, 5.74) is 2.51. The predicted molar refractivity (Wildman–Crippen MR) is 85.9 cm³/mol. The number of rotatable bonds is 4. The third kappa shape index (κ3) is 2.91. The maximum atomic E-state index is 12.5. The van der Waals surface area contributed by atoms with Crippen molar-refractivity contribution >= 4 is 5.91 Å². The lowest BCUT2D eigenvalue weighted by atomic mass is 10.1. The Morgan fingerprint density at radius 2 is 1.68 bits per heavy atom. The molecule has 22 heavy (non-hydrogen) atoms. The van der Waals surface area contributed by atoms with E-state index in [4.69, 9.17) is 0 Å². The zero-order valence-corrected chi connectivity index (χ0v) is 12.3. The summed E-state index contributed by atoms with van der Waals surface area (Å²) in [5.74, 6) is -0.141. The molecule has 3 rings (SSSR count). The van der Waals surface area contributed by atoms with Gasteiger partial charge < -0.3 is 5.32 Å². The normalized spacial score (nSPS) is 11.9. The number of carbonyl (C=O) groups is 1. The quantitative estimate of drug-likeness (QED) is 0.801. The fourth-order valence-corrected chi connectivity index (χ4v) is 2.35. The SMILES string of the molecule is C[C@H](NC(=O)c1cncn1-c1ccccc1)c1ccccc1. The first-order valence-electron chi connectivity index (χ1n) is 7.19. The van der Waals surface area contributed by atoms with Gasteiger partial charge >= 0.3 is 0 Å². The number of carbonyl (C=O) groups excluding carboxylic acids is 1. The van der Waals surface area contributed by atoms with E-state index in [0.717, 1.165) is 11.3 Å². The zero-order valence-electron chi connectivity index (χ0n) is 12.3. The molecule has 0 spiro atoms. The first-order chi connectivity index (χ1) is 10.8. The monoisotopic (exact) mass is 291 g/mol. The smallest absolute Gasteiger partial charge is 0.270 e. The van der Waals surface area contributed by atoms with Crippen LogP contribution in [0.2, 0.25) is 0 Å². The minimum Gasteiger partial charge on any atom is -0.344 e. The molecule has 0 aliphatic carbocycles. The number of nitrogens with one attached hydrogen (secondary N) is 1. The van der Waals surface area contributed by atoms with Crippen LogP contribution in [0.1, 0.15) is 29.0 Å². The first-order valence-corrected chi connectivity index (χ1v) is 7.19. The molecule has 0 aliphatic rings. The summed E-state index contributed by atoms with van der Waals surface area (Å²) in [5, 5.41) is 3.01. The molecule has 4 heteroatoms. The second-order valence-corrected chi connectivity index (χ2v) is 5.09. The molecule has 0 saturated heterocycles. The van der Waals surface area contributed by atoms with Crippen molar-refractivity contribution < 1.29 is 4.79 Å². The highest BCUT2D eigenvalue weighted by Gasteiger charge is 2.15. The van der Waals surface area contributed by atoms with Gasteiger partial charge in [0.25, 0.3) is 5.91 Å².